The molecule has 0 atom stereocenters. The lowest BCUT2D eigenvalue weighted by Crippen LogP contribution is -2.26. The van der Waals surface area contributed by atoms with Crippen molar-refractivity contribution in [1.82, 2.24) is 9.88 Å². The molecule has 1 N–H and O–H groups in total. The predicted molar refractivity (Wildman–Crippen MR) is 86.4 cm³/mol. The van der Waals surface area contributed by atoms with E-state index in [1.807, 2.05) is 0 Å². The van der Waals surface area contributed by atoms with Gasteiger partial charge < -0.3 is 10.0 Å². The molecule has 1 fully saturated rings. The molecule has 0 unspecified atom stereocenters. The minimum Gasteiger partial charge on any atom is -0.477 e. The van der Waals surface area contributed by atoms with Gasteiger partial charge in [0.25, 0.3) is 0 Å². The van der Waals surface area contributed by atoms with Gasteiger partial charge in [-0.1, -0.05) is 26.7 Å². The summed E-state index contributed by atoms with van der Waals surface area (Å²) in [6, 6.07) is 0. The lowest BCUT2D eigenvalue weighted by Gasteiger charge is -2.24. The Morgan fingerprint density at radius 2 is 2.14 bits per heavy atom. The lowest BCUT2D eigenvalue weighted by atomic mass is 9.82. The third-order valence-corrected chi connectivity index (χ3v) is 5.42. The van der Waals surface area contributed by atoms with Crippen LogP contribution in [0.25, 0.3) is 0 Å². The van der Waals surface area contributed by atoms with Crippen molar-refractivity contribution in [1.29, 1.82) is 0 Å². The van der Waals surface area contributed by atoms with E-state index in [2.05, 4.69) is 23.7 Å². The van der Waals surface area contributed by atoms with Crippen LogP contribution in [0.2, 0.25) is 0 Å². The average molecular weight is 310 g/mol. The first-order valence-corrected chi connectivity index (χ1v) is 8.92. The largest absolute Gasteiger partial charge is 0.477 e. The standard InChI is InChI=1S/C16H26N2O2S/c1-3-5-10-18(4-2)11-9-13-17-14(12-7-6-8-12)15(21-13)16(19)20/h12H,3-11H2,1-2H3,(H,19,20). The molecule has 118 valence electrons. The number of hydrogen-bond donors (Lipinski definition) is 1. The van der Waals surface area contributed by atoms with Gasteiger partial charge in [0.15, 0.2) is 0 Å². The second-order valence-corrected chi connectivity index (χ2v) is 6.88. The van der Waals surface area contributed by atoms with Crippen molar-refractivity contribution < 1.29 is 9.90 Å². The quantitative estimate of drug-likeness (QED) is 0.754. The lowest BCUT2D eigenvalue weighted by molar-refractivity contribution is 0.0699. The molecule has 1 aromatic heterocycles. The zero-order chi connectivity index (χ0) is 15.2. The van der Waals surface area contributed by atoms with Crippen LogP contribution in [0.15, 0.2) is 0 Å². The summed E-state index contributed by atoms with van der Waals surface area (Å²) < 4.78 is 0. The molecule has 2 rings (SSSR count). The summed E-state index contributed by atoms with van der Waals surface area (Å²) in [6.07, 6.45) is 6.71. The molecule has 21 heavy (non-hydrogen) atoms. The van der Waals surface area contributed by atoms with Gasteiger partial charge in [0, 0.05) is 18.9 Å². The van der Waals surface area contributed by atoms with Gasteiger partial charge in [-0.3, -0.25) is 0 Å². The summed E-state index contributed by atoms with van der Waals surface area (Å²) in [7, 11) is 0. The molecule has 0 saturated heterocycles. The van der Waals surface area contributed by atoms with Gasteiger partial charge >= 0.3 is 5.97 Å². The topological polar surface area (TPSA) is 53.4 Å². The summed E-state index contributed by atoms with van der Waals surface area (Å²) >= 11 is 1.38. The van der Waals surface area contributed by atoms with Crippen LogP contribution >= 0.6 is 11.3 Å². The van der Waals surface area contributed by atoms with Crippen molar-refractivity contribution in [2.45, 2.75) is 58.3 Å². The number of unbranched alkanes of at least 4 members (excludes halogenated alkanes) is 1. The van der Waals surface area contributed by atoms with Crippen LogP contribution in [-0.4, -0.2) is 40.6 Å². The fourth-order valence-electron chi connectivity index (χ4n) is 2.66. The zero-order valence-electron chi connectivity index (χ0n) is 13.1. The highest BCUT2D eigenvalue weighted by Gasteiger charge is 2.28. The van der Waals surface area contributed by atoms with Gasteiger partial charge in [0.1, 0.15) is 4.88 Å². The summed E-state index contributed by atoms with van der Waals surface area (Å²) in [5.74, 6) is -0.414. The van der Waals surface area contributed by atoms with Crippen LogP contribution in [0.4, 0.5) is 0 Å². The molecule has 0 bridgehead atoms. The minimum absolute atomic E-state index is 0.392. The Bertz CT molecular complexity index is 469. The van der Waals surface area contributed by atoms with E-state index in [1.165, 1.54) is 30.6 Å². The van der Waals surface area contributed by atoms with E-state index < -0.39 is 5.97 Å². The van der Waals surface area contributed by atoms with E-state index in [-0.39, 0.29) is 0 Å². The Morgan fingerprint density at radius 3 is 2.67 bits per heavy atom. The maximum Gasteiger partial charge on any atom is 0.347 e. The Hall–Kier alpha value is -0.940. The zero-order valence-corrected chi connectivity index (χ0v) is 13.9. The molecule has 4 nitrogen and oxygen atoms in total. The van der Waals surface area contributed by atoms with Crippen molar-refractivity contribution in [2.75, 3.05) is 19.6 Å². The van der Waals surface area contributed by atoms with Crippen molar-refractivity contribution >= 4 is 17.3 Å². The molecule has 1 saturated carbocycles. The Morgan fingerprint density at radius 1 is 1.38 bits per heavy atom. The molecule has 0 amide bonds. The fraction of sp³-hybridized carbons (Fsp3) is 0.750. The molecule has 0 aliphatic heterocycles. The second kappa shape index (κ2) is 7.90. The van der Waals surface area contributed by atoms with Gasteiger partial charge in [-0.15, -0.1) is 11.3 Å². The van der Waals surface area contributed by atoms with Gasteiger partial charge in [-0.25, -0.2) is 9.78 Å². The Labute approximate surface area is 131 Å². The summed E-state index contributed by atoms with van der Waals surface area (Å²) in [5, 5.41) is 10.3. The second-order valence-electron chi connectivity index (χ2n) is 5.79. The van der Waals surface area contributed by atoms with Crippen LogP contribution in [0.3, 0.4) is 0 Å². The third-order valence-electron chi connectivity index (χ3n) is 4.30. The molecule has 0 spiro atoms. The first-order chi connectivity index (χ1) is 10.2. The third kappa shape index (κ3) is 4.27. The van der Waals surface area contributed by atoms with Gasteiger partial charge in [0.2, 0.25) is 0 Å². The van der Waals surface area contributed by atoms with Crippen LogP contribution in [0, 0.1) is 0 Å². The predicted octanol–water partition coefficient (Wildman–Crippen LogP) is 3.77. The molecular formula is C16H26N2O2S. The molecule has 1 aliphatic carbocycles. The summed E-state index contributed by atoms with van der Waals surface area (Å²) in [5.41, 5.74) is 0.852. The van der Waals surface area contributed by atoms with Crippen LogP contribution < -0.4 is 0 Å². The average Bonchev–Trinajstić information content (AvgIpc) is 2.81. The van der Waals surface area contributed by atoms with Gasteiger partial charge in [-0.2, -0.15) is 0 Å². The van der Waals surface area contributed by atoms with Crippen LogP contribution in [0.1, 0.15) is 72.2 Å². The number of rotatable bonds is 9. The highest BCUT2D eigenvalue weighted by molar-refractivity contribution is 7.13. The molecule has 1 aliphatic rings. The number of hydrogen-bond acceptors (Lipinski definition) is 4. The van der Waals surface area contributed by atoms with E-state index >= 15 is 0 Å². The fourth-order valence-corrected chi connectivity index (χ4v) is 3.64. The SMILES string of the molecule is CCCCN(CC)CCc1nc(C2CCC2)c(C(=O)O)s1. The van der Waals surface area contributed by atoms with E-state index in [1.54, 1.807) is 0 Å². The Kier molecular flexibility index (Phi) is 6.18. The maximum atomic E-state index is 11.4. The van der Waals surface area contributed by atoms with E-state index in [0.717, 1.165) is 49.6 Å². The number of carboxylic acid groups (broad SMARTS) is 1. The van der Waals surface area contributed by atoms with Crippen molar-refractivity contribution in [3.63, 3.8) is 0 Å². The molecule has 0 radical (unpaired) electrons. The minimum atomic E-state index is -0.806. The highest BCUT2D eigenvalue weighted by atomic mass is 32.1. The van der Waals surface area contributed by atoms with Crippen LogP contribution in [0.5, 0.6) is 0 Å². The first kappa shape index (κ1) is 16.4. The number of thiazole rings is 1. The smallest absolute Gasteiger partial charge is 0.347 e. The van der Waals surface area contributed by atoms with Crippen molar-refractivity contribution in [3.8, 4) is 0 Å². The van der Waals surface area contributed by atoms with Crippen LogP contribution in [-0.2, 0) is 6.42 Å². The van der Waals surface area contributed by atoms with E-state index in [4.69, 9.17) is 0 Å². The van der Waals surface area contributed by atoms with Crippen molar-refractivity contribution in [3.05, 3.63) is 15.6 Å². The highest BCUT2D eigenvalue weighted by Crippen LogP contribution is 2.39. The first-order valence-electron chi connectivity index (χ1n) is 8.10. The molecule has 1 heterocycles. The van der Waals surface area contributed by atoms with Gasteiger partial charge in [-0.05, 0) is 32.4 Å². The number of nitrogens with zero attached hydrogens (tertiary/aromatic N) is 2. The number of carbonyl (C=O) groups is 1. The molecule has 1 aromatic rings. The number of aromatic nitrogens is 1. The van der Waals surface area contributed by atoms with E-state index in [0.29, 0.717) is 10.8 Å². The van der Waals surface area contributed by atoms with E-state index in [9.17, 15) is 9.90 Å². The number of aromatic carboxylic acids is 1. The van der Waals surface area contributed by atoms with Gasteiger partial charge in [0.05, 0.1) is 10.7 Å². The molecule has 0 aromatic carbocycles. The molecule has 5 heteroatoms. The van der Waals surface area contributed by atoms with Crippen molar-refractivity contribution in [2.24, 2.45) is 0 Å². The Balaban J connectivity index is 1.98. The summed E-state index contributed by atoms with van der Waals surface area (Å²) in [6.45, 7) is 7.54. The number of likely N-dealkylation sites (N-methyl/N-ethyl adjacent to an activating group) is 1. The summed E-state index contributed by atoms with van der Waals surface area (Å²) in [4.78, 5) is 18.9. The number of carboxylic acids is 1. The monoisotopic (exact) mass is 310 g/mol. The molecular weight excluding hydrogens is 284 g/mol. The maximum absolute atomic E-state index is 11.4. The normalized spacial score (nSPS) is 15.4.